The van der Waals surface area contributed by atoms with Gasteiger partial charge in [-0.15, -0.1) is 0 Å². The number of alkyl halides is 1. The third-order valence-electron chi connectivity index (χ3n) is 1.42. The van der Waals surface area contributed by atoms with Gasteiger partial charge in [-0.2, -0.15) is 11.1 Å². The molecule has 0 aliphatic heterocycles. The summed E-state index contributed by atoms with van der Waals surface area (Å²) in [6, 6.07) is 0.795. The molecule has 0 saturated heterocycles. The van der Waals surface area contributed by atoms with Crippen LogP contribution in [0.25, 0.3) is 0 Å². The first kappa shape index (κ1) is 13.5. The molecule has 0 aromatic rings. The van der Waals surface area contributed by atoms with Crippen molar-refractivity contribution in [3.05, 3.63) is 0 Å². The van der Waals surface area contributed by atoms with E-state index in [0.717, 1.165) is 6.04 Å². The maximum atomic E-state index is 11.3. The summed E-state index contributed by atoms with van der Waals surface area (Å²) in [5, 5.41) is 0. The Morgan fingerprint density at radius 1 is 1.54 bits per heavy atom. The van der Waals surface area contributed by atoms with E-state index in [1.807, 2.05) is 13.1 Å². The highest BCUT2D eigenvalue weighted by Gasteiger charge is 2.26. The van der Waals surface area contributed by atoms with E-state index in [9.17, 15) is 4.79 Å². The predicted octanol–water partition coefficient (Wildman–Crippen LogP) is 3.15. The van der Waals surface area contributed by atoms with Crippen LogP contribution in [0.15, 0.2) is 0 Å². The van der Waals surface area contributed by atoms with E-state index < -0.39 is 11.7 Å². The Kier molecular flexibility index (Phi) is 4.97. The van der Waals surface area contributed by atoms with Gasteiger partial charge >= 0.3 is 5.97 Å². The average Bonchev–Trinajstić information content (AvgIpc) is 1.82. The fourth-order valence-corrected chi connectivity index (χ4v) is 1.49. The van der Waals surface area contributed by atoms with Gasteiger partial charge in [-0.25, -0.2) is 0 Å². The Morgan fingerprint density at radius 3 is 2.31 bits per heavy atom. The van der Waals surface area contributed by atoms with Gasteiger partial charge in [0.15, 0.2) is 7.38 Å². The maximum Gasteiger partial charge on any atom is 0.322 e. The van der Waals surface area contributed by atoms with Gasteiger partial charge in [-0.3, -0.25) is 4.79 Å². The van der Waals surface area contributed by atoms with E-state index in [1.54, 1.807) is 13.8 Å². The van der Waals surface area contributed by atoms with Crippen molar-refractivity contribution in [2.45, 2.75) is 37.3 Å². The molecule has 0 bridgehead atoms. The van der Waals surface area contributed by atoms with E-state index in [-0.39, 0.29) is 5.97 Å². The summed E-state index contributed by atoms with van der Waals surface area (Å²) in [7, 11) is -1.60. The summed E-state index contributed by atoms with van der Waals surface area (Å²) < 4.78 is 4.45. The molecule has 0 aromatic carbocycles. The number of ether oxygens (including phenoxy) is 1. The summed E-state index contributed by atoms with van der Waals surface area (Å²) in [5.41, 5.74) is 0. The predicted molar refractivity (Wildman–Crippen MR) is 62.1 cm³/mol. The lowest BCUT2D eigenvalue weighted by atomic mass is 10.2. The van der Waals surface area contributed by atoms with Crippen LogP contribution in [-0.2, 0) is 9.53 Å². The summed E-state index contributed by atoms with van der Waals surface area (Å²) in [6.07, 6.45) is 0. The highest BCUT2D eigenvalue weighted by molar-refractivity contribution is 9.10. The molecule has 0 aromatic heterocycles. The van der Waals surface area contributed by atoms with Crippen LogP contribution < -0.4 is 0 Å². The van der Waals surface area contributed by atoms with E-state index in [4.69, 9.17) is 15.8 Å². The van der Waals surface area contributed by atoms with Gasteiger partial charge < -0.3 is 4.74 Å². The van der Waals surface area contributed by atoms with E-state index >= 15 is 0 Å². The van der Waals surface area contributed by atoms with Crippen LogP contribution in [0.1, 0.15) is 13.8 Å². The van der Waals surface area contributed by atoms with Gasteiger partial charge in [0, 0.05) is 0 Å². The minimum atomic E-state index is -1.60. The minimum absolute atomic E-state index is 0.234. The second kappa shape index (κ2) is 4.80. The number of hydrogen-bond donors (Lipinski definition) is 0. The van der Waals surface area contributed by atoms with Gasteiger partial charge in [0.1, 0.15) is 4.32 Å². The normalized spacial score (nSPS) is 12.8. The molecule has 0 atom stereocenters. The number of halogens is 2. The summed E-state index contributed by atoms with van der Waals surface area (Å²) in [6.45, 7) is 8.01. The zero-order valence-corrected chi connectivity index (χ0v) is 11.8. The van der Waals surface area contributed by atoms with Crippen LogP contribution in [0, 0.1) is 0 Å². The standard InChI is InChI=1S/C8H16BrClO2Si/c1-8(2,9)7(11)12-5-6-13(3,4)10/h5-6H2,1-4H3. The van der Waals surface area contributed by atoms with Crippen LogP contribution >= 0.6 is 27.0 Å². The lowest BCUT2D eigenvalue weighted by molar-refractivity contribution is -0.144. The molecular weight excluding hydrogens is 272 g/mol. The number of hydrogen-bond acceptors (Lipinski definition) is 2. The lowest BCUT2D eigenvalue weighted by Crippen LogP contribution is -2.28. The van der Waals surface area contributed by atoms with Crippen molar-refractivity contribution in [1.29, 1.82) is 0 Å². The molecule has 0 heterocycles. The third-order valence-corrected chi connectivity index (χ3v) is 3.70. The summed E-state index contributed by atoms with van der Waals surface area (Å²) >= 11 is 9.30. The molecule has 0 fully saturated rings. The van der Waals surface area contributed by atoms with Gasteiger partial charge in [-0.1, -0.05) is 29.0 Å². The molecule has 0 aliphatic rings. The van der Waals surface area contributed by atoms with Gasteiger partial charge in [0.2, 0.25) is 0 Å². The number of carbonyl (C=O) groups is 1. The molecule has 0 spiro atoms. The van der Waals surface area contributed by atoms with Crippen LogP contribution in [0.2, 0.25) is 19.1 Å². The van der Waals surface area contributed by atoms with Gasteiger partial charge in [-0.05, 0) is 19.9 Å². The number of carbonyl (C=O) groups excluding carboxylic acids is 1. The van der Waals surface area contributed by atoms with Crippen LogP contribution in [-0.4, -0.2) is 24.3 Å². The molecule has 0 N–H and O–H groups in total. The first-order valence-electron chi connectivity index (χ1n) is 4.18. The fraction of sp³-hybridized carbons (Fsp3) is 0.875. The van der Waals surface area contributed by atoms with Crippen molar-refractivity contribution in [3.8, 4) is 0 Å². The monoisotopic (exact) mass is 286 g/mol. The van der Waals surface area contributed by atoms with Crippen LogP contribution in [0.4, 0.5) is 0 Å². The zero-order valence-electron chi connectivity index (χ0n) is 8.49. The Labute approximate surface area is 93.8 Å². The second-order valence-corrected chi connectivity index (χ2v) is 13.1. The largest absolute Gasteiger partial charge is 0.465 e. The first-order chi connectivity index (χ1) is 5.63. The Morgan fingerprint density at radius 2 is 2.00 bits per heavy atom. The van der Waals surface area contributed by atoms with Crippen molar-refractivity contribution in [2.75, 3.05) is 6.61 Å². The maximum absolute atomic E-state index is 11.3. The Hall–Kier alpha value is 0.457. The first-order valence-corrected chi connectivity index (χ1v) is 9.19. The molecule has 0 unspecified atom stereocenters. The highest BCUT2D eigenvalue weighted by Crippen LogP contribution is 2.19. The van der Waals surface area contributed by atoms with Crippen molar-refractivity contribution in [3.63, 3.8) is 0 Å². The second-order valence-electron chi connectivity index (χ2n) is 4.08. The average molecular weight is 288 g/mol. The topological polar surface area (TPSA) is 26.3 Å². The van der Waals surface area contributed by atoms with Crippen molar-refractivity contribution < 1.29 is 9.53 Å². The molecular formula is C8H16BrClO2Si. The van der Waals surface area contributed by atoms with Crippen molar-refractivity contribution in [1.82, 2.24) is 0 Å². The highest BCUT2D eigenvalue weighted by atomic mass is 79.9. The molecule has 0 rings (SSSR count). The summed E-state index contributed by atoms with van der Waals surface area (Å²) in [5.74, 6) is -0.234. The SMILES string of the molecule is CC(C)(Br)C(=O)OCC[Si](C)(C)Cl. The number of esters is 1. The fourth-order valence-electron chi connectivity index (χ4n) is 0.558. The Bertz CT molecular complexity index is 184. The number of rotatable bonds is 4. The molecule has 5 heteroatoms. The van der Waals surface area contributed by atoms with Crippen molar-refractivity contribution in [2.24, 2.45) is 0 Å². The molecule has 0 saturated carbocycles. The Balaban J connectivity index is 3.74. The van der Waals surface area contributed by atoms with Crippen LogP contribution in [0.5, 0.6) is 0 Å². The van der Waals surface area contributed by atoms with Gasteiger partial charge in [0.05, 0.1) is 6.61 Å². The molecule has 78 valence electrons. The van der Waals surface area contributed by atoms with Crippen LogP contribution in [0.3, 0.4) is 0 Å². The molecule has 0 aliphatic carbocycles. The molecule has 0 amide bonds. The van der Waals surface area contributed by atoms with Gasteiger partial charge in [0.25, 0.3) is 0 Å². The van der Waals surface area contributed by atoms with E-state index in [0.29, 0.717) is 6.61 Å². The molecule has 0 radical (unpaired) electrons. The summed E-state index contributed by atoms with van der Waals surface area (Å²) in [4.78, 5) is 11.3. The molecule has 13 heavy (non-hydrogen) atoms. The van der Waals surface area contributed by atoms with E-state index in [1.165, 1.54) is 0 Å². The lowest BCUT2D eigenvalue weighted by Gasteiger charge is -2.17. The minimum Gasteiger partial charge on any atom is -0.465 e. The third kappa shape index (κ3) is 7.52. The zero-order chi connectivity index (χ0) is 10.7. The molecule has 2 nitrogen and oxygen atoms in total. The van der Waals surface area contributed by atoms with Crippen molar-refractivity contribution >= 4 is 40.4 Å². The van der Waals surface area contributed by atoms with E-state index in [2.05, 4.69) is 15.9 Å². The smallest absolute Gasteiger partial charge is 0.322 e. The quantitative estimate of drug-likeness (QED) is 0.344.